The van der Waals surface area contributed by atoms with Gasteiger partial charge in [0.25, 0.3) is 0 Å². The van der Waals surface area contributed by atoms with Crippen molar-refractivity contribution >= 4 is 23.2 Å². The van der Waals surface area contributed by atoms with Crippen LogP contribution in [0.3, 0.4) is 0 Å². The molecule has 5 heteroatoms. The molecule has 0 saturated carbocycles. The van der Waals surface area contributed by atoms with Gasteiger partial charge in [-0.05, 0) is 38.5 Å². The monoisotopic (exact) mass is 305 g/mol. The quantitative estimate of drug-likeness (QED) is 0.811. The Labute approximate surface area is 124 Å². The van der Waals surface area contributed by atoms with Gasteiger partial charge in [0, 0.05) is 22.6 Å². The van der Waals surface area contributed by atoms with E-state index in [1.165, 1.54) is 0 Å². The molecule has 1 aromatic rings. The highest BCUT2D eigenvalue weighted by Gasteiger charge is 2.12. The van der Waals surface area contributed by atoms with Gasteiger partial charge in [-0.25, -0.2) is 0 Å². The molecule has 0 saturated heterocycles. The molecule has 0 radical (unpaired) electrons. The molecular formula is C14H21Cl2NO2. The van der Waals surface area contributed by atoms with Gasteiger partial charge in [-0.3, -0.25) is 0 Å². The summed E-state index contributed by atoms with van der Waals surface area (Å²) in [6.07, 6.45) is -0.409. The summed E-state index contributed by atoms with van der Waals surface area (Å²) in [5.41, 5.74) is 0.961. The Hall–Kier alpha value is -0.320. The lowest BCUT2D eigenvalue weighted by atomic mass is 10.1. The summed E-state index contributed by atoms with van der Waals surface area (Å²) < 4.78 is 5.35. The Morgan fingerprint density at radius 2 is 1.95 bits per heavy atom. The summed E-state index contributed by atoms with van der Waals surface area (Å²) in [4.78, 5) is 0. The summed E-state index contributed by atoms with van der Waals surface area (Å²) in [7, 11) is 0. The van der Waals surface area contributed by atoms with Crippen molar-refractivity contribution in [3.8, 4) is 0 Å². The molecule has 0 aliphatic rings. The van der Waals surface area contributed by atoms with Crippen LogP contribution in [0.1, 0.15) is 32.4 Å². The Bertz CT molecular complexity index is 399. The van der Waals surface area contributed by atoms with Crippen LogP contribution in [0.15, 0.2) is 18.2 Å². The van der Waals surface area contributed by atoms with Crippen LogP contribution in [-0.4, -0.2) is 30.5 Å². The first-order valence-electron chi connectivity index (χ1n) is 6.38. The van der Waals surface area contributed by atoms with Crippen LogP contribution in [0.5, 0.6) is 0 Å². The number of benzene rings is 1. The molecule has 2 atom stereocenters. The van der Waals surface area contributed by atoms with E-state index >= 15 is 0 Å². The molecule has 0 fully saturated rings. The van der Waals surface area contributed by atoms with Crippen LogP contribution < -0.4 is 5.32 Å². The normalized spacial score (nSPS) is 14.7. The van der Waals surface area contributed by atoms with Crippen LogP contribution in [0, 0.1) is 0 Å². The molecule has 1 rings (SSSR count). The molecule has 0 spiro atoms. The summed E-state index contributed by atoms with van der Waals surface area (Å²) in [6.45, 7) is 6.65. The van der Waals surface area contributed by atoms with E-state index in [1.807, 2.05) is 26.8 Å². The maximum absolute atomic E-state index is 9.77. The lowest BCUT2D eigenvalue weighted by Crippen LogP contribution is -2.32. The minimum Gasteiger partial charge on any atom is -0.389 e. The highest BCUT2D eigenvalue weighted by Crippen LogP contribution is 2.25. The zero-order valence-electron chi connectivity index (χ0n) is 11.5. The standard InChI is InChI=1S/C14H21Cl2NO2/c1-9(2)19-8-12(18)7-17-10(3)13-5-4-11(15)6-14(13)16/h4-6,9-10,12,17-18H,7-8H2,1-3H3. The average Bonchev–Trinajstić information content (AvgIpc) is 2.33. The number of hydrogen-bond acceptors (Lipinski definition) is 3. The zero-order chi connectivity index (χ0) is 14.4. The van der Waals surface area contributed by atoms with E-state index in [0.717, 1.165) is 5.56 Å². The second-order valence-electron chi connectivity index (χ2n) is 4.83. The number of hydrogen-bond donors (Lipinski definition) is 2. The Balaban J connectivity index is 2.44. The Morgan fingerprint density at radius 3 is 2.53 bits per heavy atom. The molecule has 19 heavy (non-hydrogen) atoms. The molecule has 0 heterocycles. The van der Waals surface area contributed by atoms with Gasteiger partial charge in [0.2, 0.25) is 0 Å². The van der Waals surface area contributed by atoms with Crippen molar-refractivity contribution in [3.63, 3.8) is 0 Å². The fraction of sp³-hybridized carbons (Fsp3) is 0.571. The number of rotatable bonds is 7. The first-order chi connectivity index (χ1) is 8.90. The molecule has 1 aromatic carbocycles. The number of ether oxygens (including phenoxy) is 1. The summed E-state index contributed by atoms with van der Waals surface area (Å²) in [5.74, 6) is 0. The van der Waals surface area contributed by atoms with Crippen molar-refractivity contribution in [1.29, 1.82) is 0 Å². The van der Waals surface area contributed by atoms with Crippen LogP contribution >= 0.6 is 23.2 Å². The highest BCUT2D eigenvalue weighted by atomic mass is 35.5. The minimum absolute atomic E-state index is 0.0402. The number of aliphatic hydroxyl groups is 1. The van der Waals surface area contributed by atoms with Crippen LogP contribution in [-0.2, 0) is 4.74 Å². The van der Waals surface area contributed by atoms with Gasteiger partial charge in [-0.2, -0.15) is 0 Å². The van der Waals surface area contributed by atoms with Gasteiger partial charge in [0.05, 0.1) is 18.8 Å². The third-order valence-corrected chi connectivity index (χ3v) is 3.27. The van der Waals surface area contributed by atoms with Gasteiger partial charge in [-0.1, -0.05) is 29.3 Å². The number of nitrogens with one attached hydrogen (secondary N) is 1. The van der Waals surface area contributed by atoms with Crippen molar-refractivity contribution in [2.24, 2.45) is 0 Å². The Kier molecular flexibility index (Phi) is 7.11. The van der Waals surface area contributed by atoms with Crippen LogP contribution in [0.4, 0.5) is 0 Å². The van der Waals surface area contributed by atoms with Gasteiger partial charge < -0.3 is 15.2 Å². The predicted molar refractivity (Wildman–Crippen MR) is 80.0 cm³/mol. The van der Waals surface area contributed by atoms with E-state index in [-0.39, 0.29) is 12.1 Å². The molecule has 0 bridgehead atoms. The smallest absolute Gasteiger partial charge is 0.0898 e. The SMILES string of the molecule is CC(C)OCC(O)CNC(C)c1ccc(Cl)cc1Cl. The molecular weight excluding hydrogens is 285 g/mol. The summed E-state index contributed by atoms with van der Waals surface area (Å²) >= 11 is 12.0. The highest BCUT2D eigenvalue weighted by molar-refractivity contribution is 6.35. The molecule has 0 aromatic heterocycles. The van der Waals surface area contributed by atoms with Crippen molar-refractivity contribution in [2.45, 2.75) is 39.0 Å². The first-order valence-corrected chi connectivity index (χ1v) is 7.13. The first kappa shape index (κ1) is 16.7. The van der Waals surface area contributed by atoms with Gasteiger partial charge >= 0.3 is 0 Å². The molecule has 108 valence electrons. The zero-order valence-corrected chi connectivity index (χ0v) is 13.0. The molecule has 0 amide bonds. The van der Waals surface area contributed by atoms with E-state index in [1.54, 1.807) is 12.1 Å². The topological polar surface area (TPSA) is 41.5 Å². The van der Waals surface area contributed by atoms with Gasteiger partial charge in [0.1, 0.15) is 0 Å². The third kappa shape index (κ3) is 6.11. The number of aliphatic hydroxyl groups excluding tert-OH is 1. The second kappa shape index (κ2) is 8.08. The maximum Gasteiger partial charge on any atom is 0.0898 e. The van der Waals surface area contributed by atoms with Gasteiger partial charge in [-0.15, -0.1) is 0 Å². The Morgan fingerprint density at radius 1 is 1.26 bits per heavy atom. The lowest BCUT2D eigenvalue weighted by Gasteiger charge is -2.19. The summed E-state index contributed by atoms with van der Waals surface area (Å²) in [6, 6.07) is 5.45. The molecule has 0 aliphatic heterocycles. The molecule has 2 N–H and O–H groups in total. The fourth-order valence-corrected chi connectivity index (χ4v) is 2.21. The van der Waals surface area contributed by atoms with Crippen molar-refractivity contribution in [1.82, 2.24) is 5.32 Å². The number of halogens is 2. The predicted octanol–water partition coefficient (Wildman–Crippen LogP) is 3.43. The van der Waals surface area contributed by atoms with Crippen molar-refractivity contribution in [2.75, 3.05) is 13.2 Å². The van der Waals surface area contributed by atoms with Crippen molar-refractivity contribution in [3.05, 3.63) is 33.8 Å². The van der Waals surface area contributed by atoms with Gasteiger partial charge in [0.15, 0.2) is 0 Å². The fourth-order valence-electron chi connectivity index (χ4n) is 1.64. The maximum atomic E-state index is 9.77. The van der Waals surface area contributed by atoms with E-state index in [9.17, 15) is 5.11 Å². The second-order valence-corrected chi connectivity index (χ2v) is 5.68. The average molecular weight is 306 g/mol. The van der Waals surface area contributed by atoms with E-state index in [0.29, 0.717) is 23.2 Å². The summed E-state index contributed by atoms with van der Waals surface area (Å²) in [5, 5.41) is 14.2. The molecule has 2 unspecified atom stereocenters. The van der Waals surface area contributed by atoms with E-state index < -0.39 is 6.10 Å². The van der Waals surface area contributed by atoms with Crippen LogP contribution in [0.25, 0.3) is 0 Å². The van der Waals surface area contributed by atoms with E-state index in [2.05, 4.69) is 5.32 Å². The molecule has 0 aliphatic carbocycles. The largest absolute Gasteiger partial charge is 0.389 e. The minimum atomic E-state index is -0.532. The van der Waals surface area contributed by atoms with Crippen molar-refractivity contribution < 1.29 is 9.84 Å². The van der Waals surface area contributed by atoms with Crippen LogP contribution in [0.2, 0.25) is 10.0 Å². The lowest BCUT2D eigenvalue weighted by molar-refractivity contribution is 0.00561. The third-order valence-electron chi connectivity index (χ3n) is 2.71. The molecule has 3 nitrogen and oxygen atoms in total. The van der Waals surface area contributed by atoms with E-state index in [4.69, 9.17) is 27.9 Å².